The minimum atomic E-state index is 0.187. The van der Waals surface area contributed by atoms with Crippen LogP contribution < -0.4 is 10.5 Å². The molecule has 4 nitrogen and oxygen atoms in total. The lowest BCUT2D eigenvalue weighted by Crippen LogP contribution is -1.97. The summed E-state index contributed by atoms with van der Waals surface area (Å²) in [4.78, 5) is 7.87. The Labute approximate surface area is 108 Å². The van der Waals surface area contributed by atoms with E-state index in [1.807, 2.05) is 25.1 Å². The fourth-order valence-corrected chi connectivity index (χ4v) is 1.60. The van der Waals surface area contributed by atoms with Crippen molar-refractivity contribution in [1.82, 2.24) is 9.97 Å². The molecule has 0 aliphatic heterocycles. The Kier molecular flexibility index (Phi) is 3.28. The second-order valence-corrected chi connectivity index (χ2v) is 4.58. The summed E-state index contributed by atoms with van der Waals surface area (Å²) in [6, 6.07) is 5.86. The third-order valence-corrected chi connectivity index (χ3v) is 2.97. The maximum absolute atomic E-state index is 5.65. The molecule has 88 valence electrons. The molecular weight excluding hydrogens is 282 g/mol. The molecule has 0 fully saturated rings. The van der Waals surface area contributed by atoms with E-state index < -0.39 is 0 Å². The Bertz CT molecular complexity index is 557. The van der Waals surface area contributed by atoms with Crippen LogP contribution in [0.4, 0.5) is 5.95 Å². The fourth-order valence-electron chi connectivity index (χ4n) is 1.32. The molecule has 0 spiro atoms. The Balaban J connectivity index is 2.31. The van der Waals surface area contributed by atoms with Crippen molar-refractivity contribution in [2.24, 2.45) is 0 Å². The van der Waals surface area contributed by atoms with Crippen molar-refractivity contribution in [3.8, 4) is 11.6 Å². The lowest BCUT2D eigenvalue weighted by Gasteiger charge is -2.08. The summed E-state index contributed by atoms with van der Waals surface area (Å²) in [7, 11) is 0. The topological polar surface area (TPSA) is 61.0 Å². The number of anilines is 1. The Morgan fingerprint density at radius 2 is 2.00 bits per heavy atom. The molecule has 1 aromatic heterocycles. The van der Waals surface area contributed by atoms with Crippen LogP contribution in [0.3, 0.4) is 0 Å². The summed E-state index contributed by atoms with van der Waals surface area (Å²) in [5.74, 6) is 1.33. The summed E-state index contributed by atoms with van der Waals surface area (Å²) in [5.41, 5.74) is 7.90. The highest BCUT2D eigenvalue weighted by Crippen LogP contribution is 2.28. The SMILES string of the molecule is Cc1ccc(Oc2nc(N)ncc2Br)cc1C. The molecule has 0 bridgehead atoms. The molecule has 2 aromatic rings. The van der Waals surface area contributed by atoms with E-state index in [-0.39, 0.29) is 5.95 Å². The van der Waals surface area contributed by atoms with Gasteiger partial charge < -0.3 is 10.5 Å². The molecule has 0 saturated heterocycles. The van der Waals surface area contributed by atoms with E-state index in [0.717, 1.165) is 5.75 Å². The first kappa shape index (κ1) is 11.9. The smallest absolute Gasteiger partial charge is 0.238 e. The summed E-state index contributed by atoms with van der Waals surface area (Å²) < 4.78 is 6.32. The van der Waals surface area contributed by atoms with Gasteiger partial charge in [0.25, 0.3) is 0 Å². The van der Waals surface area contributed by atoms with Gasteiger partial charge in [0.2, 0.25) is 11.8 Å². The van der Waals surface area contributed by atoms with E-state index in [4.69, 9.17) is 10.5 Å². The number of hydrogen-bond donors (Lipinski definition) is 1. The van der Waals surface area contributed by atoms with Gasteiger partial charge in [-0.15, -0.1) is 0 Å². The molecule has 0 atom stereocenters. The van der Waals surface area contributed by atoms with Crippen LogP contribution in [0.2, 0.25) is 0 Å². The van der Waals surface area contributed by atoms with Crippen LogP contribution in [0.25, 0.3) is 0 Å². The highest BCUT2D eigenvalue weighted by molar-refractivity contribution is 9.10. The molecule has 0 aliphatic carbocycles. The predicted octanol–water partition coefficient (Wildman–Crippen LogP) is 3.23. The van der Waals surface area contributed by atoms with E-state index in [1.54, 1.807) is 6.20 Å². The molecular formula is C12H12BrN3O. The van der Waals surface area contributed by atoms with Crippen molar-refractivity contribution >= 4 is 21.9 Å². The van der Waals surface area contributed by atoms with E-state index in [1.165, 1.54) is 11.1 Å². The van der Waals surface area contributed by atoms with Gasteiger partial charge in [-0.2, -0.15) is 4.98 Å². The van der Waals surface area contributed by atoms with Crippen molar-refractivity contribution in [2.45, 2.75) is 13.8 Å². The van der Waals surface area contributed by atoms with Gasteiger partial charge in [0, 0.05) is 0 Å². The summed E-state index contributed by atoms with van der Waals surface area (Å²) >= 11 is 3.32. The van der Waals surface area contributed by atoms with Gasteiger partial charge >= 0.3 is 0 Å². The first-order valence-electron chi connectivity index (χ1n) is 5.09. The van der Waals surface area contributed by atoms with Gasteiger partial charge in [-0.3, -0.25) is 0 Å². The zero-order valence-corrected chi connectivity index (χ0v) is 11.2. The highest BCUT2D eigenvalue weighted by Gasteiger charge is 2.06. The molecule has 0 unspecified atom stereocenters. The quantitative estimate of drug-likeness (QED) is 0.923. The second kappa shape index (κ2) is 4.71. The molecule has 0 saturated carbocycles. The number of nitrogens with zero attached hydrogens (tertiary/aromatic N) is 2. The van der Waals surface area contributed by atoms with Crippen molar-refractivity contribution < 1.29 is 4.74 Å². The number of nitrogen functional groups attached to an aromatic ring is 1. The number of hydrogen-bond acceptors (Lipinski definition) is 4. The third kappa shape index (κ3) is 2.74. The van der Waals surface area contributed by atoms with Gasteiger partial charge in [-0.25, -0.2) is 4.98 Å². The first-order valence-corrected chi connectivity index (χ1v) is 5.88. The number of rotatable bonds is 2. The minimum Gasteiger partial charge on any atom is -0.438 e. The summed E-state index contributed by atoms with van der Waals surface area (Å²) in [6.45, 7) is 4.09. The molecule has 17 heavy (non-hydrogen) atoms. The monoisotopic (exact) mass is 293 g/mol. The molecule has 0 aliphatic rings. The zero-order valence-electron chi connectivity index (χ0n) is 9.57. The Hall–Kier alpha value is -1.62. The number of halogens is 1. The maximum Gasteiger partial charge on any atom is 0.238 e. The second-order valence-electron chi connectivity index (χ2n) is 3.73. The number of aromatic nitrogens is 2. The van der Waals surface area contributed by atoms with Crippen LogP contribution in [0.5, 0.6) is 11.6 Å². The van der Waals surface area contributed by atoms with Crippen molar-refractivity contribution in [3.05, 3.63) is 40.0 Å². The average Bonchev–Trinajstić information content (AvgIpc) is 2.29. The predicted molar refractivity (Wildman–Crippen MR) is 70.1 cm³/mol. The van der Waals surface area contributed by atoms with Gasteiger partial charge in [-0.1, -0.05) is 6.07 Å². The molecule has 0 amide bonds. The number of benzene rings is 1. The number of ether oxygens (including phenoxy) is 1. The van der Waals surface area contributed by atoms with Crippen molar-refractivity contribution in [2.75, 3.05) is 5.73 Å². The minimum absolute atomic E-state index is 0.187. The average molecular weight is 294 g/mol. The van der Waals surface area contributed by atoms with Gasteiger partial charge in [0.05, 0.1) is 10.7 Å². The van der Waals surface area contributed by atoms with Crippen LogP contribution >= 0.6 is 15.9 Å². The van der Waals surface area contributed by atoms with E-state index in [2.05, 4.69) is 32.8 Å². The zero-order chi connectivity index (χ0) is 12.4. The lowest BCUT2D eigenvalue weighted by atomic mass is 10.1. The highest BCUT2D eigenvalue weighted by atomic mass is 79.9. The fraction of sp³-hybridized carbons (Fsp3) is 0.167. The number of aryl methyl sites for hydroxylation is 2. The summed E-state index contributed by atoms with van der Waals surface area (Å²) in [6.07, 6.45) is 1.57. The van der Waals surface area contributed by atoms with Crippen LogP contribution in [-0.4, -0.2) is 9.97 Å². The van der Waals surface area contributed by atoms with Crippen LogP contribution in [0.15, 0.2) is 28.9 Å². The van der Waals surface area contributed by atoms with Gasteiger partial charge in [0.1, 0.15) is 5.75 Å². The lowest BCUT2D eigenvalue weighted by molar-refractivity contribution is 0.458. The Morgan fingerprint density at radius 1 is 1.24 bits per heavy atom. The largest absolute Gasteiger partial charge is 0.438 e. The molecule has 5 heteroatoms. The normalized spacial score (nSPS) is 10.3. The summed E-state index contributed by atoms with van der Waals surface area (Å²) in [5, 5.41) is 0. The van der Waals surface area contributed by atoms with Crippen molar-refractivity contribution in [1.29, 1.82) is 0 Å². The van der Waals surface area contributed by atoms with Crippen LogP contribution in [-0.2, 0) is 0 Å². The van der Waals surface area contributed by atoms with E-state index in [9.17, 15) is 0 Å². The first-order chi connectivity index (χ1) is 8.06. The van der Waals surface area contributed by atoms with Crippen LogP contribution in [0, 0.1) is 13.8 Å². The number of nitrogens with two attached hydrogens (primary N) is 1. The molecule has 0 radical (unpaired) electrons. The standard InChI is InChI=1S/C12H12BrN3O/c1-7-3-4-9(5-8(7)2)17-11-10(13)6-15-12(14)16-11/h3-6H,1-2H3,(H2,14,15,16). The molecule has 1 heterocycles. The molecule has 2 rings (SSSR count). The molecule has 1 aromatic carbocycles. The maximum atomic E-state index is 5.65. The van der Waals surface area contributed by atoms with E-state index in [0.29, 0.717) is 10.4 Å². The van der Waals surface area contributed by atoms with Gasteiger partial charge in [0.15, 0.2) is 0 Å². The molecule has 2 N–H and O–H groups in total. The van der Waals surface area contributed by atoms with E-state index >= 15 is 0 Å². The third-order valence-electron chi connectivity index (χ3n) is 2.42. The Morgan fingerprint density at radius 3 is 2.71 bits per heavy atom. The van der Waals surface area contributed by atoms with Crippen LogP contribution in [0.1, 0.15) is 11.1 Å². The van der Waals surface area contributed by atoms with Gasteiger partial charge in [-0.05, 0) is 53.0 Å². The van der Waals surface area contributed by atoms with Crippen molar-refractivity contribution in [3.63, 3.8) is 0 Å².